The van der Waals surface area contributed by atoms with Crippen molar-refractivity contribution in [3.05, 3.63) is 36.1 Å². The Labute approximate surface area is 186 Å². The minimum Gasteiger partial charge on any atom is -0.459 e. The first-order valence-electron chi connectivity index (χ1n) is 11.2. The third kappa shape index (κ3) is 4.44. The van der Waals surface area contributed by atoms with Crippen LogP contribution >= 0.6 is 11.8 Å². The molecule has 164 valence electrons. The van der Waals surface area contributed by atoms with E-state index < -0.39 is 0 Å². The van der Waals surface area contributed by atoms with Crippen LogP contribution in [0.25, 0.3) is 11.0 Å². The Morgan fingerprint density at radius 3 is 2.74 bits per heavy atom. The molecule has 1 unspecified atom stereocenters. The van der Waals surface area contributed by atoms with E-state index in [1.807, 2.05) is 37.3 Å². The number of anilines is 1. The van der Waals surface area contributed by atoms with Crippen LogP contribution in [0.5, 0.6) is 0 Å². The number of thioether (sulfide) groups is 1. The SMILES string of the molecule is CC1CCN(c2nnc(SCC(=O)NC(C)c3cc4ccccc4o3)n2C2CC2)CC1. The number of amides is 1. The van der Waals surface area contributed by atoms with Crippen molar-refractivity contribution in [1.29, 1.82) is 0 Å². The van der Waals surface area contributed by atoms with Gasteiger partial charge in [0, 0.05) is 24.5 Å². The van der Waals surface area contributed by atoms with Crippen molar-refractivity contribution in [3.8, 4) is 0 Å². The number of nitrogens with one attached hydrogen (secondary N) is 1. The maximum atomic E-state index is 12.6. The van der Waals surface area contributed by atoms with E-state index in [-0.39, 0.29) is 11.9 Å². The van der Waals surface area contributed by atoms with Gasteiger partial charge >= 0.3 is 0 Å². The summed E-state index contributed by atoms with van der Waals surface area (Å²) < 4.78 is 8.14. The first-order valence-corrected chi connectivity index (χ1v) is 12.2. The summed E-state index contributed by atoms with van der Waals surface area (Å²) in [6.45, 7) is 6.33. The second-order valence-corrected chi connectivity index (χ2v) is 9.76. The number of rotatable bonds is 7. The van der Waals surface area contributed by atoms with E-state index in [4.69, 9.17) is 4.42 Å². The van der Waals surface area contributed by atoms with Crippen molar-refractivity contribution in [2.75, 3.05) is 23.7 Å². The van der Waals surface area contributed by atoms with E-state index in [1.165, 1.54) is 24.6 Å². The molecule has 2 fully saturated rings. The van der Waals surface area contributed by atoms with E-state index in [0.29, 0.717) is 11.8 Å². The zero-order valence-electron chi connectivity index (χ0n) is 18.1. The van der Waals surface area contributed by atoms with Crippen LogP contribution < -0.4 is 10.2 Å². The van der Waals surface area contributed by atoms with Gasteiger partial charge in [0.25, 0.3) is 0 Å². The predicted molar refractivity (Wildman–Crippen MR) is 122 cm³/mol. The Bertz CT molecular complexity index is 1030. The topological polar surface area (TPSA) is 76.2 Å². The zero-order chi connectivity index (χ0) is 21.4. The second-order valence-electron chi connectivity index (χ2n) is 8.82. The summed E-state index contributed by atoms with van der Waals surface area (Å²) in [5.41, 5.74) is 0.838. The highest BCUT2D eigenvalue weighted by molar-refractivity contribution is 7.99. The molecule has 2 aliphatic rings. The average Bonchev–Trinajstić information content (AvgIpc) is 3.36. The third-order valence-electron chi connectivity index (χ3n) is 6.21. The first-order chi connectivity index (χ1) is 15.1. The second kappa shape index (κ2) is 8.57. The van der Waals surface area contributed by atoms with Gasteiger partial charge in [0.1, 0.15) is 11.3 Å². The van der Waals surface area contributed by atoms with Gasteiger partial charge in [0.05, 0.1) is 11.8 Å². The Hall–Kier alpha value is -2.48. The summed E-state index contributed by atoms with van der Waals surface area (Å²) in [5.74, 6) is 2.80. The molecule has 1 aromatic carbocycles. The third-order valence-corrected chi connectivity index (χ3v) is 7.15. The molecule has 8 heteroatoms. The molecular weight excluding hydrogens is 410 g/mol. The summed E-state index contributed by atoms with van der Waals surface area (Å²) >= 11 is 1.47. The van der Waals surface area contributed by atoms with Crippen LogP contribution in [0.2, 0.25) is 0 Å². The summed E-state index contributed by atoms with van der Waals surface area (Å²) in [6.07, 6.45) is 4.72. The van der Waals surface area contributed by atoms with E-state index in [1.54, 1.807) is 0 Å². The number of para-hydroxylation sites is 1. The van der Waals surface area contributed by atoms with E-state index >= 15 is 0 Å². The van der Waals surface area contributed by atoms with Gasteiger partial charge in [-0.15, -0.1) is 10.2 Å². The Morgan fingerprint density at radius 1 is 1.23 bits per heavy atom. The minimum atomic E-state index is -0.187. The lowest BCUT2D eigenvalue weighted by Gasteiger charge is -2.31. The van der Waals surface area contributed by atoms with Crippen LogP contribution in [0.4, 0.5) is 5.95 Å². The van der Waals surface area contributed by atoms with Crippen molar-refractivity contribution in [2.45, 2.75) is 56.8 Å². The molecule has 1 N–H and O–H groups in total. The molecule has 0 radical (unpaired) electrons. The van der Waals surface area contributed by atoms with Gasteiger partial charge in [-0.25, -0.2) is 0 Å². The Balaban J connectivity index is 1.22. The highest BCUT2D eigenvalue weighted by Gasteiger charge is 2.32. The van der Waals surface area contributed by atoms with Crippen molar-refractivity contribution in [1.82, 2.24) is 20.1 Å². The maximum Gasteiger partial charge on any atom is 0.231 e. The van der Waals surface area contributed by atoms with Gasteiger partial charge in [-0.3, -0.25) is 9.36 Å². The van der Waals surface area contributed by atoms with Crippen LogP contribution in [0, 0.1) is 5.92 Å². The van der Waals surface area contributed by atoms with Crippen LogP contribution in [0.1, 0.15) is 57.4 Å². The fourth-order valence-electron chi connectivity index (χ4n) is 4.14. The van der Waals surface area contributed by atoms with Crippen LogP contribution in [-0.4, -0.2) is 39.5 Å². The predicted octanol–water partition coefficient (Wildman–Crippen LogP) is 4.57. The molecule has 2 aromatic heterocycles. The smallest absolute Gasteiger partial charge is 0.231 e. The zero-order valence-corrected chi connectivity index (χ0v) is 18.9. The van der Waals surface area contributed by atoms with Crippen LogP contribution in [0.3, 0.4) is 0 Å². The van der Waals surface area contributed by atoms with Gasteiger partial charge in [-0.1, -0.05) is 36.9 Å². The summed E-state index contributed by atoms with van der Waals surface area (Å²) in [6, 6.07) is 10.2. The summed E-state index contributed by atoms with van der Waals surface area (Å²) in [4.78, 5) is 15.0. The lowest BCUT2D eigenvalue weighted by Crippen LogP contribution is -2.34. The van der Waals surface area contributed by atoms with E-state index in [9.17, 15) is 4.79 Å². The Kier molecular flexibility index (Phi) is 5.65. The monoisotopic (exact) mass is 439 g/mol. The number of carbonyl (C=O) groups is 1. The molecule has 1 atom stereocenters. The number of hydrogen-bond donors (Lipinski definition) is 1. The number of piperidine rings is 1. The van der Waals surface area contributed by atoms with Crippen molar-refractivity contribution in [3.63, 3.8) is 0 Å². The van der Waals surface area contributed by atoms with Crippen molar-refractivity contribution < 1.29 is 9.21 Å². The van der Waals surface area contributed by atoms with Crippen LogP contribution in [0.15, 0.2) is 39.9 Å². The fraction of sp³-hybridized carbons (Fsp3) is 0.522. The highest BCUT2D eigenvalue weighted by Crippen LogP contribution is 2.41. The van der Waals surface area contributed by atoms with Gasteiger partial charge in [0.2, 0.25) is 11.9 Å². The molecule has 7 nitrogen and oxygen atoms in total. The molecule has 0 spiro atoms. The van der Waals surface area contributed by atoms with Gasteiger partial charge < -0.3 is 14.6 Å². The Morgan fingerprint density at radius 2 is 2.00 bits per heavy atom. The average molecular weight is 440 g/mol. The highest BCUT2D eigenvalue weighted by atomic mass is 32.2. The molecule has 0 bridgehead atoms. The number of furan rings is 1. The number of fused-ring (bicyclic) bond motifs is 1. The van der Waals surface area contributed by atoms with E-state index in [0.717, 1.165) is 59.7 Å². The van der Waals surface area contributed by atoms with Crippen LogP contribution in [-0.2, 0) is 4.79 Å². The molecule has 3 aromatic rings. The lowest BCUT2D eigenvalue weighted by atomic mass is 10.00. The molecule has 1 saturated carbocycles. The standard InChI is InChI=1S/C23H29N5O2S/c1-15-9-11-27(12-10-15)22-25-26-23(28(22)18-7-8-18)31-14-21(29)24-16(2)20-13-17-5-3-4-6-19(17)30-20/h3-6,13,15-16,18H,7-12,14H2,1-2H3,(H,24,29). The molecule has 1 saturated heterocycles. The number of carbonyl (C=O) groups excluding carboxylic acids is 1. The van der Waals surface area contributed by atoms with Gasteiger partial charge in [-0.2, -0.15) is 0 Å². The molecule has 31 heavy (non-hydrogen) atoms. The number of hydrogen-bond acceptors (Lipinski definition) is 6. The van der Waals surface area contributed by atoms with Crippen molar-refractivity contribution in [2.24, 2.45) is 5.92 Å². The normalized spacial score (nSPS) is 18.5. The number of benzene rings is 1. The first kappa shape index (κ1) is 20.4. The summed E-state index contributed by atoms with van der Waals surface area (Å²) in [5, 5.41) is 13.9. The molecule has 5 rings (SSSR count). The summed E-state index contributed by atoms with van der Waals surface area (Å²) in [7, 11) is 0. The van der Waals surface area contributed by atoms with Gasteiger partial charge in [0.15, 0.2) is 5.16 Å². The van der Waals surface area contributed by atoms with Crippen molar-refractivity contribution >= 4 is 34.6 Å². The minimum absolute atomic E-state index is 0.0309. The molecule has 1 amide bonds. The fourth-order valence-corrected chi connectivity index (χ4v) is 4.96. The van der Waals surface area contributed by atoms with Gasteiger partial charge in [-0.05, 0) is 50.7 Å². The quantitative estimate of drug-likeness (QED) is 0.544. The maximum absolute atomic E-state index is 12.6. The number of aromatic nitrogens is 3. The molecular formula is C23H29N5O2S. The number of nitrogens with zero attached hydrogens (tertiary/aromatic N) is 4. The largest absolute Gasteiger partial charge is 0.459 e. The molecule has 1 aliphatic heterocycles. The molecule has 1 aliphatic carbocycles. The van der Waals surface area contributed by atoms with E-state index in [2.05, 4.69) is 31.9 Å². The molecule has 3 heterocycles. The lowest BCUT2D eigenvalue weighted by molar-refractivity contribution is -0.119.